The molecule has 0 saturated heterocycles. The number of hydrogen-bond acceptors (Lipinski definition) is 1. The van der Waals surface area contributed by atoms with Gasteiger partial charge in [-0.2, -0.15) is 0 Å². The van der Waals surface area contributed by atoms with Crippen molar-refractivity contribution in [3.05, 3.63) is 60.8 Å². The second-order valence-corrected chi connectivity index (χ2v) is 4.97. The summed E-state index contributed by atoms with van der Waals surface area (Å²) in [5.74, 6) is 0. The van der Waals surface area contributed by atoms with E-state index in [0.717, 1.165) is 0 Å². The van der Waals surface area contributed by atoms with Crippen LogP contribution in [-0.2, 0) is 4.79 Å². The first kappa shape index (κ1) is 19.4. The fourth-order valence-corrected chi connectivity index (χ4v) is 1.87. The highest BCUT2D eigenvalue weighted by molar-refractivity contribution is 5.66. The van der Waals surface area contributed by atoms with Crippen LogP contribution in [0.15, 0.2) is 60.8 Å². The molecule has 0 N–H and O–H groups in total. The molecule has 0 bridgehead atoms. The molecule has 0 aromatic heterocycles. The lowest BCUT2D eigenvalue weighted by molar-refractivity contribution is 0.564. The first-order chi connectivity index (χ1) is 10.4. The number of allylic oxidation sites excluding steroid dienone is 10. The largest absolute Gasteiger partial charge is 0.286 e. The van der Waals surface area contributed by atoms with Crippen LogP contribution < -0.4 is 0 Å². The van der Waals surface area contributed by atoms with E-state index >= 15 is 0 Å². The van der Waals surface area contributed by atoms with Gasteiger partial charge in [0, 0.05) is 0 Å². The maximum absolute atomic E-state index is 9.88. The van der Waals surface area contributed by atoms with Gasteiger partial charge in [0.2, 0.25) is 6.29 Å². The van der Waals surface area contributed by atoms with Crippen molar-refractivity contribution in [2.24, 2.45) is 0 Å². The van der Waals surface area contributed by atoms with Crippen LogP contribution in [0, 0.1) is 0 Å². The Morgan fingerprint density at radius 1 is 0.667 bits per heavy atom. The van der Waals surface area contributed by atoms with Gasteiger partial charge in [0.1, 0.15) is 0 Å². The molecule has 0 fully saturated rings. The number of carbonyl (C=O) groups excluding carboxylic acids is 1. The molecule has 0 rings (SSSR count). The van der Waals surface area contributed by atoms with Gasteiger partial charge in [-0.1, -0.05) is 100 Å². The molecule has 21 heavy (non-hydrogen) atoms. The Morgan fingerprint density at radius 2 is 1.19 bits per heavy atom. The van der Waals surface area contributed by atoms with Crippen LogP contribution in [0.4, 0.5) is 0 Å². The zero-order chi connectivity index (χ0) is 15.4. The quantitative estimate of drug-likeness (QED) is 0.230. The van der Waals surface area contributed by atoms with Gasteiger partial charge < -0.3 is 0 Å². The molecule has 0 aliphatic rings. The van der Waals surface area contributed by atoms with Crippen LogP contribution in [0.3, 0.4) is 0 Å². The summed E-state index contributed by atoms with van der Waals surface area (Å²) in [6.45, 7) is 2.26. The van der Waals surface area contributed by atoms with Crippen molar-refractivity contribution in [1.82, 2.24) is 0 Å². The van der Waals surface area contributed by atoms with Gasteiger partial charge in [0.15, 0.2) is 0 Å². The van der Waals surface area contributed by atoms with E-state index in [9.17, 15) is 4.79 Å². The Morgan fingerprint density at radius 3 is 1.81 bits per heavy atom. The van der Waals surface area contributed by atoms with Gasteiger partial charge in [0.25, 0.3) is 0 Å². The molecule has 0 unspecified atom stereocenters. The molecule has 0 saturated carbocycles. The Labute approximate surface area is 130 Å². The third kappa shape index (κ3) is 18.4. The summed E-state index contributed by atoms with van der Waals surface area (Å²) in [5.41, 5.74) is 0. The summed E-state index contributed by atoms with van der Waals surface area (Å²) >= 11 is 0. The third-order valence-corrected chi connectivity index (χ3v) is 3.05. The normalized spacial score (nSPS) is 12.8. The van der Waals surface area contributed by atoms with E-state index in [1.807, 2.05) is 30.4 Å². The SMILES string of the molecule is CCCCCCCCC\C=C/C=C\C=C/C=C\C=C/[C]=O. The van der Waals surface area contributed by atoms with Gasteiger partial charge in [-0.15, -0.1) is 0 Å². The molecule has 0 aliphatic carbocycles. The predicted molar refractivity (Wildman–Crippen MR) is 94.0 cm³/mol. The van der Waals surface area contributed by atoms with Crippen molar-refractivity contribution >= 4 is 6.29 Å². The molecule has 0 heterocycles. The summed E-state index contributed by atoms with van der Waals surface area (Å²) in [5, 5.41) is 0. The Balaban J connectivity index is 3.44. The third-order valence-electron chi connectivity index (χ3n) is 3.05. The maximum atomic E-state index is 9.88. The lowest BCUT2D eigenvalue weighted by Crippen LogP contribution is -1.78. The molecule has 0 aromatic rings. The van der Waals surface area contributed by atoms with Gasteiger partial charge in [-0.05, 0) is 18.9 Å². The molecule has 0 aromatic carbocycles. The highest BCUT2D eigenvalue weighted by Gasteiger charge is 1.88. The van der Waals surface area contributed by atoms with E-state index in [-0.39, 0.29) is 0 Å². The van der Waals surface area contributed by atoms with E-state index < -0.39 is 0 Å². The number of rotatable bonds is 13. The molecule has 0 amide bonds. The average molecular weight is 285 g/mol. The molecule has 0 spiro atoms. The van der Waals surface area contributed by atoms with Crippen LogP contribution in [-0.4, -0.2) is 6.29 Å². The van der Waals surface area contributed by atoms with Crippen LogP contribution in [0.25, 0.3) is 0 Å². The fraction of sp³-hybridized carbons (Fsp3) is 0.450. The molecule has 0 aliphatic heterocycles. The van der Waals surface area contributed by atoms with E-state index in [1.165, 1.54) is 57.4 Å². The number of hydrogen-bond donors (Lipinski definition) is 0. The topological polar surface area (TPSA) is 17.1 Å². The van der Waals surface area contributed by atoms with Crippen molar-refractivity contribution in [3.8, 4) is 0 Å². The molecule has 115 valence electrons. The van der Waals surface area contributed by atoms with Gasteiger partial charge >= 0.3 is 0 Å². The Kier molecular flexibility index (Phi) is 16.9. The smallest absolute Gasteiger partial charge is 0.225 e. The molecule has 1 heteroatoms. The van der Waals surface area contributed by atoms with E-state index in [0.29, 0.717) is 0 Å². The fourth-order valence-electron chi connectivity index (χ4n) is 1.87. The molecular formula is C20H29O. The summed E-state index contributed by atoms with van der Waals surface area (Å²) < 4.78 is 0. The van der Waals surface area contributed by atoms with Crippen molar-refractivity contribution in [3.63, 3.8) is 0 Å². The van der Waals surface area contributed by atoms with Crippen LogP contribution in [0.2, 0.25) is 0 Å². The number of unbranched alkanes of at least 4 members (excludes halogenated alkanes) is 7. The Bertz CT molecular complexity index is 356. The Hall–Kier alpha value is -1.63. The van der Waals surface area contributed by atoms with Crippen molar-refractivity contribution < 1.29 is 4.79 Å². The highest BCUT2D eigenvalue weighted by atomic mass is 16.1. The summed E-state index contributed by atoms with van der Waals surface area (Å²) in [7, 11) is 0. The first-order valence-electron chi connectivity index (χ1n) is 8.11. The zero-order valence-electron chi connectivity index (χ0n) is 13.3. The minimum absolute atomic E-state index is 1.18. The highest BCUT2D eigenvalue weighted by Crippen LogP contribution is 2.08. The molecular weight excluding hydrogens is 256 g/mol. The van der Waals surface area contributed by atoms with Crippen molar-refractivity contribution in [1.29, 1.82) is 0 Å². The summed E-state index contributed by atoms with van der Waals surface area (Å²) in [4.78, 5) is 9.88. The van der Waals surface area contributed by atoms with Gasteiger partial charge in [-0.3, -0.25) is 4.79 Å². The van der Waals surface area contributed by atoms with E-state index in [2.05, 4.69) is 19.1 Å². The first-order valence-corrected chi connectivity index (χ1v) is 8.11. The minimum atomic E-state index is 1.18. The van der Waals surface area contributed by atoms with Crippen LogP contribution in [0.1, 0.15) is 58.3 Å². The predicted octanol–water partition coefficient (Wildman–Crippen LogP) is 6.02. The zero-order valence-corrected chi connectivity index (χ0v) is 13.3. The monoisotopic (exact) mass is 285 g/mol. The molecule has 1 nitrogen and oxygen atoms in total. The van der Waals surface area contributed by atoms with Crippen molar-refractivity contribution in [2.45, 2.75) is 58.3 Å². The van der Waals surface area contributed by atoms with Gasteiger partial charge in [-0.25, -0.2) is 0 Å². The molecule has 0 atom stereocenters. The lowest BCUT2D eigenvalue weighted by Gasteiger charge is -1.98. The van der Waals surface area contributed by atoms with Crippen molar-refractivity contribution in [2.75, 3.05) is 0 Å². The van der Waals surface area contributed by atoms with E-state index in [4.69, 9.17) is 0 Å². The second kappa shape index (κ2) is 18.4. The maximum Gasteiger partial charge on any atom is 0.225 e. The minimum Gasteiger partial charge on any atom is -0.286 e. The van der Waals surface area contributed by atoms with Crippen LogP contribution >= 0.6 is 0 Å². The second-order valence-electron chi connectivity index (χ2n) is 4.97. The summed E-state index contributed by atoms with van der Waals surface area (Å²) in [6.07, 6.45) is 31.4. The molecule has 1 radical (unpaired) electrons. The lowest BCUT2D eigenvalue weighted by atomic mass is 10.1. The van der Waals surface area contributed by atoms with Gasteiger partial charge in [0.05, 0.1) is 0 Å². The standard InChI is InChI=1S/C20H29O/c1-2-3-4-5-6-7-8-9-10-11-12-13-14-15-16-17-18-19-20-21/h10-19H,2-9H2,1H3/b11-10-,13-12-,15-14-,17-16-,19-18-. The summed E-state index contributed by atoms with van der Waals surface area (Å²) in [6, 6.07) is 0. The van der Waals surface area contributed by atoms with Crippen LogP contribution in [0.5, 0.6) is 0 Å². The average Bonchev–Trinajstić information content (AvgIpc) is 2.50. The van der Waals surface area contributed by atoms with E-state index in [1.54, 1.807) is 18.4 Å².